The molecule has 0 aromatic rings. The largest absolute Gasteiger partial charge is 0.311 e. The van der Waals surface area contributed by atoms with Crippen LogP contribution in [0.3, 0.4) is 0 Å². The SMILES string of the molecule is CC(C)N1CCC(CN[C@@H](C)C2SC=CN2O)CC1. The van der Waals surface area contributed by atoms with Crippen molar-refractivity contribution in [3.8, 4) is 0 Å². The molecule has 0 aromatic carbocycles. The lowest BCUT2D eigenvalue weighted by molar-refractivity contribution is -0.0559. The summed E-state index contributed by atoms with van der Waals surface area (Å²) < 4.78 is 0. The molecule has 0 saturated carbocycles. The first-order valence-corrected chi connectivity index (χ1v) is 8.29. The summed E-state index contributed by atoms with van der Waals surface area (Å²) in [6.07, 6.45) is 4.31. The zero-order valence-electron chi connectivity index (χ0n) is 12.2. The number of hydrogen-bond donors (Lipinski definition) is 2. The maximum Gasteiger partial charge on any atom is 0.120 e. The van der Waals surface area contributed by atoms with Gasteiger partial charge in [0.15, 0.2) is 0 Å². The van der Waals surface area contributed by atoms with Gasteiger partial charge in [0, 0.05) is 18.3 Å². The van der Waals surface area contributed by atoms with E-state index in [-0.39, 0.29) is 5.37 Å². The van der Waals surface area contributed by atoms with Gasteiger partial charge in [-0.25, -0.2) is 5.06 Å². The predicted molar refractivity (Wildman–Crippen MR) is 81.0 cm³/mol. The second-order valence-electron chi connectivity index (χ2n) is 5.96. The summed E-state index contributed by atoms with van der Waals surface area (Å²) >= 11 is 1.67. The molecule has 1 fully saturated rings. The third-order valence-electron chi connectivity index (χ3n) is 4.23. The van der Waals surface area contributed by atoms with Gasteiger partial charge in [0.05, 0.1) is 0 Å². The summed E-state index contributed by atoms with van der Waals surface area (Å²) in [6.45, 7) is 10.2. The molecule has 0 radical (unpaired) electrons. The molecule has 2 heterocycles. The summed E-state index contributed by atoms with van der Waals surface area (Å²) in [5, 5.41) is 16.6. The Morgan fingerprint density at radius 1 is 1.32 bits per heavy atom. The highest BCUT2D eigenvalue weighted by Gasteiger charge is 2.26. The minimum Gasteiger partial charge on any atom is -0.311 e. The van der Waals surface area contributed by atoms with Gasteiger partial charge < -0.3 is 10.2 Å². The van der Waals surface area contributed by atoms with E-state index in [0.29, 0.717) is 12.1 Å². The lowest BCUT2D eigenvalue weighted by Gasteiger charge is -2.35. The van der Waals surface area contributed by atoms with Crippen LogP contribution in [0.2, 0.25) is 0 Å². The smallest absolute Gasteiger partial charge is 0.120 e. The molecule has 2 aliphatic heterocycles. The van der Waals surface area contributed by atoms with Crippen LogP contribution in [0.15, 0.2) is 11.6 Å². The van der Waals surface area contributed by atoms with E-state index in [9.17, 15) is 5.21 Å². The van der Waals surface area contributed by atoms with Crippen LogP contribution in [-0.4, -0.2) is 52.3 Å². The summed E-state index contributed by atoms with van der Waals surface area (Å²) in [7, 11) is 0. The van der Waals surface area contributed by atoms with Crippen molar-refractivity contribution in [1.82, 2.24) is 15.3 Å². The Morgan fingerprint density at radius 2 is 2.00 bits per heavy atom. The number of rotatable bonds is 5. The molecule has 110 valence electrons. The van der Waals surface area contributed by atoms with Gasteiger partial charge in [0.2, 0.25) is 0 Å². The van der Waals surface area contributed by atoms with Crippen molar-refractivity contribution in [1.29, 1.82) is 0 Å². The number of hydroxylamine groups is 2. The van der Waals surface area contributed by atoms with Gasteiger partial charge in [0.25, 0.3) is 0 Å². The average molecular weight is 285 g/mol. The fraction of sp³-hybridized carbons (Fsp3) is 0.857. The van der Waals surface area contributed by atoms with Crippen molar-refractivity contribution >= 4 is 11.8 Å². The van der Waals surface area contributed by atoms with Crippen LogP contribution in [0.25, 0.3) is 0 Å². The Hall–Kier alpha value is -0.230. The quantitative estimate of drug-likeness (QED) is 0.811. The van der Waals surface area contributed by atoms with Crippen molar-refractivity contribution in [2.75, 3.05) is 19.6 Å². The molecule has 0 bridgehead atoms. The van der Waals surface area contributed by atoms with Gasteiger partial charge in [-0.05, 0) is 64.6 Å². The Labute approximate surface area is 121 Å². The van der Waals surface area contributed by atoms with E-state index in [1.165, 1.54) is 31.0 Å². The number of nitrogens with one attached hydrogen (secondary N) is 1. The number of likely N-dealkylation sites (tertiary alicyclic amines) is 1. The molecule has 1 unspecified atom stereocenters. The maximum absolute atomic E-state index is 9.67. The second kappa shape index (κ2) is 6.97. The van der Waals surface area contributed by atoms with Gasteiger partial charge in [-0.2, -0.15) is 0 Å². The third kappa shape index (κ3) is 4.12. The second-order valence-corrected chi connectivity index (χ2v) is 6.99. The van der Waals surface area contributed by atoms with Gasteiger partial charge in [0.1, 0.15) is 5.37 Å². The standard InChI is InChI=1S/C14H27N3OS/c1-11(2)16-6-4-13(5-7-16)10-15-12(3)14-17(18)8-9-19-14/h8-9,11-15,18H,4-7,10H2,1-3H3/t12-,14?/m0/s1. The van der Waals surface area contributed by atoms with E-state index >= 15 is 0 Å². The zero-order chi connectivity index (χ0) is 13.8. The molecule has 0 aromatic heterocycles. The molecule has 0 aliphatic carbocycles. The van der Waals surface area contributed by atoms with Crippen molar-refractivity contribution in [3.05, 3.63) is 11.6 Å². The summed E-state index contributed by atoms with van der Waals surface area (Å²) in [5.74, 6) is 0.781. The highest BCUT2D eigenvalue weighted by atomic mass is 32.2. The van der Waals surface area contributed by atoms with Crippen LogP contribution >= 0.6 is 11.8 Å². The number of hydrogen-bond acceptors (Lipinski definition) is 5. The lowest BCUT2D eigenvalue weighted by atomic mass is 9.95. The Kier molecular flexibility index (Phi) is 5.57. The molecule has 2 atom stereocenters. The number of thioether (sulfide) groups is 1. The van der Waals surface area contributed by atoms with Gasteiger partial charge in [-0.15, -0.1) is 11.8 Å². The number of piperidine rings is 1. The summed E-state index contributed by atoms with van der Waals surface area (Å²) in [6, 6.07) is 0.977. The normalized spacial score (nSPS) is 27.4. The fourth-order valence-electron chi connectivity index (χ4n) is 2.80. The first-order chi connectivity index (χ1) is 9.08. The Morgan fingerprint density at radius 3 is 2.53 bits per heavy atom. The van der Waals surface area contributed by atoms with E-state index in [0.717, 1.165) is 12.5 Å². The third-order valence-corrected chi connectivity index (χ3v) is 5.41. The first-order valence-electron chi connectivity index (χ1n) is 7.34. The molecule has 2 rings (SSSR count). The van der Waals surface area contributed by atoms with Crippen molar-refractivity contribution in [3.63, 3.8) is 0 Å². The Balaban J connectivity index is 1.66. The molecule has 0 amide bonds. The van der Waals surface area contributed by atoms with Crippen LogP contribution in [0.4, 0.5) is 0 Å². The maximum atomic E-state index is 9.67. The molecule has 2 aliphatic rings. The number of nitrogens with zero attached hydrogens (tertiary/aromatic N) is 2. The highest BCUT2D eigenvalue weighted by Crippen LogP contribution is 2.26. The van der Waals surface area contributed by atoms with E-state index in [4.69, 9.17) is 0 Å². The first kappa shape index (κ1) is 15.2. The topological polar surface area (TPSA) is 38.7 Å². The molecule has 19 heavy (non-hydrogen) atoms. The van der Waals surface area contributed by atoms with Crippen LogP contribution in [0.5, 0.6) is 0 Å². The highest BCUT2D eigenvalue weighted by molar-refractivity contribution is 8.02. The van der Waals surface area contributed by atoms with Crippen molar-refractivity contribution in [2.24, 2.45) is 5.92 Å². The summed E-state index contributed by atoms with van der Waals surface area (Å²) in [5.41, 5.74) is 0. The van der Waals surface area contributed by atoms with Crippen molar-refractivity contribution < 1.29 is 5.21 Å². The molecular weight excluding hydrogens is 258 g/mol. The van der Waals surface area contributed by atoms with E-state index in [2.05, 4.69) is 31.0 Å². The van der Waals surface area contributed by atoms with E-state index in [1.807, 2.05) is 5.41 Å². The fourth-order valence-corrected chi connectivity index (χ4v) is 3.68. The van der Waals surface area contributed by atoms with Crippen LogP contribution in [0.1, 0.15) is 33.6 Å². The lowest BCUT2D eigenvalue weighted by Crippen LogP contribution is -2.46. The zero-order valence-corrected chi connectivity index (χ0v) is 13.1. The predicted octanol–water partition coefficient (Wildman–Crippen LogP) is 2.32. The van der Waals surface area contributed by atoms with E-state index < -0.39 is 0 Å². The van der Waals surface area contributed by atoms with Crippen LogP contribution in [-0.2, 0) is 0 Å². The molecule has 4 nitrogen and oxygen atoms in total. The van der Waals surface area contributed by atoms with Crippen LogP contribution in [0, 0.1) is 5.92 Å². The van der Waals surface area contributed by atoms with E-state index in [1.54, 1.807) is 18.0 Å². The molecule has 2 N–H and O–H groups in total. The molecular formula is C14H27N3OS. The molecule has 5 heteroatoms. The van der Waals surface area contributed by atoms with Gasteiger partial charge in [-0.3, -0.25) is 5.21 Å². The molecule has 1 saturated heterocycles. The Bertz CT molecular complexity index is 303. The van der Waals surface area contributed by atoms with Crippen LogP contribution < -0.4 is 5.32 Å². The molecule has 0 spiro atoms. The minimum absolute atomic E-state index is 0.121. The summed E-state index contributed by atoms with van der Waals surface area (Å²) in [4.78, 5) is 2.56. The van der Waals surface area contributed by atoms with Gasteiger partial charge in [-0.1, -0.05) is 0 Å². The van der Waals surface area contributed by atoms with Gasteiger partial charge >= 0.3 is 0 Å². The minimum atomic E-state index is 0.121. The van der Waals surface area contributed by atoms with Crippen molar-refractivity contribution in [2.45, 2.75) is 51.1 Å². The monoisotopic (exact) mass is 285 g/mol. The average Bonchev–Trinajstić information content (AvgIpc) is 2.83.